The van der Waals surface area contributed by atoms with Crippen molar-refractivity contribution in [3.05, 3.63) is 59.4 Å². The van der Waals surface area contributed by atoms with Crippen molar-refractivity contribution < 1.29 is 28.2 Å². The summed E-state index contributed by atoms with van der Waals surface area (Å²) < 4.78 is 29.3. The fraction of sp³-hybridized carbons (Fsp3) is 0.263. The zero-order valence-electron chi connectivity index (χ0n) is 14.2. The fourth-order valence-electron chi connectivity index (χ4n) is 2.53. The number of hydrogen-bond donors (Lipinski definition) is 1. The molecule has 0 saturated heterocycles. The van der Waals surface area contributed by atoms with Gasteiger partial charge in [-0.05, 0) is 36.8 Å². The van der Waals surface area contributed by atoms with Crippen molar-refractivity contribution >= 4 is 11.9 Å². The number of ether oxygens (including phenoxy) is 3. The smallest absolute Gasteiger partial charge is 0.341 e. The summed E-state index contributed by atoms with van der Waals surface area (Å²) in [5, 5.41) is 2.72. The van der Waals surface area contributed by atoms with Crippen molar-refractivity contribution in [1.29, 1.82) is 0 Å². The van der Waals surface area contributed by atoms with Gasteiger partial charge in [-0.3, -0.25) is 4.79 Å². The van der Waals surface area contributed by atoms with Crippen molar-refractivity contribution in [2.45, 2.75) is 13.0 Å². The molecule has 3 rings (SSSR count). The molecular formula is C19H18FNO5. The van der Waals surface area contributed by atoms with Crippen LogP contribution in [0, 0.1) is 5.82 Å². The molecular weight excluding hydrogens is 341 g/mol. The summed E-state index contributed by atoms with van der Waals surface area (Å²) in [7, 11) is 0. The number of halogens is 1. The van der Waals surface area contributed by atoms with Gasteiger partial charge in [-0.15, -0.1) is 0 Å². The maximum Gasteiger partial charge on any atom is 0.341 e. The number of benzene rings is 2. The molecule has 1 aliphatic heterocycles. The molecule has 0 bridgehead atoms. The van der Waals surface area contributed by atoms with E-state index in [1.807, 2.05) is 6.07 Å². The third kappa shape index (κ3) is 4.11. The zero-order chi connectivity index (χ0) is 18.5. The lowest BCUT2D eigenvalue weighted by Crippen LogP contribution is -2.31. The molecule has 2 aromatic carbocycles. The van der Waals surface area contributed by atoms with Crippen LogP contribution in [0.4, 0.5) is 4.39 Å². The Labute approximate surface area is 149 Å². The molecule has 2 aromatic rings. The van der Waals surface area contributed by atoms with Gasteiger partial charge in [-0.25, -0.2) is 9.18 Å². The highest BCUT2D eigenvalue weighted by Crippen LogP contribution is 2.32. The van der Waals surface area contributed by atoms with Crippen LogP contribution in [0.5, 0.6) is 11.5 Å². The molecule has 1 amide bonds. The predicted molar refractivity (Wildman–Crippen MR) is 90.7 cm³/mol. The maximum absolute atomic E-state index is 13.5. The third-order valence-electron chi connectivity index (χ3n) is 3.87. The zero-order valence-corrected chi connectivity index (χ0v) is 14.2. The van der Waals surface area contributed by atoms with Crippen molar-refractivity contribution in [1.82, 2.24) is 5.32 Å². The van der Waals surface area contributed by atoms with E-state index in [-0.39, 0.29) is 11.6 Å². The van der Waals surface area contributed by atoms with Crippen LogP contribution in [0.2, 0.25) is 0 Å². The van der Waals surface area contributed by atoms with Crippen LogP contribution < -0.4 is 14.8 Å². The molecule has 0 fully saturated rings. The lowest BCUT2D eigenvalue weighted by Gasteiger charge is -2.21. The summed E-state index contributed by atoms with van der Waals surface area (Å²) in [4.78, 5) is 23.8. The van der Waals surface area contributed by atoms with E-state index in [4.69, 9.17) is 14.2 Å². The summed E-state index contributed by atoms with van der Waals surface area (Å²) >= 11 is 0. The topological polar surface area (TPSA) is 73.9 Å². The molecule has 0 unspecified atom stereocenters. The Hall–Kier alpha value is -3.09. The first kappa shape index (κ1) is 17.7. The summed E-state index contributed by atoms with van der Waals surface area (Å²) in [6.45, 7) is 2.28. The number of fused-ring (bicyclic) bond motifs is 1. The van der Waals surface area contributed by atoms with Gasteiger partial charge in [0.15, 0.2) is 18.1 Å². The Bertz CT molecular complexity index is 823. The molecule has 26 heavy (non-hydrogen) atoms. The van der Waals surface area contributed by atoms with Gasteiger partial charge < -0.3 is 19.5 Å². The van der Waals surface area contributed by atoms with Crippen LogP contribution in [0.3, 0.4) is 0 Å². The minimum atomic E-state index is -0.884. The number of carbonyl (C=O) groups is 2. The first-order chi connectivity index (χ1) is 12.5. The molecule has 6 nitrogen and oxygen atoms in total. The van der Waals surface area contributed by atoms with Gasteiger partial charge in [0.25, 0.3) is 5.91 Å². The maximum atomic E-state index is 13.5. The summed E-state index contributed by atoms with van der Waals surface area (Å²) in [6.07, 6.45) is 0. The van der Waals surface area contributed by atoms with Crippen molar-refractivity contribution in [3.63, 3.8) is 0 Å². The number of carbonyl (C=O) groups excluding carboxylic acids is 2. The van der Waals surface area contributed by atoms with Crippen LogP contribution in [-0.2, 0) is 9.53 Å². The van der Waals surface area contributed by atoms with E-state index >= 15 is 0 Å². The first-order valence-corrected chi connectivity index (χ1v) is 8.15. The molecule has 0 spiro atoms. The van der Waals surface area contributed by atoms with E-state index in [9.17, 15) is 14.0 Å². The number of nitrogens with one attached hydrogen (secondary N) is 1. The molecule has 0 saturated carbocycles. The molecule has 0 radical (unpaired) electrons. The van der Waals surface area contributed by atoms with Gasteiger partial charge in [-0.1, -0.05) is 18.2 Å². The van der Waals surface area contributed by atoms with Crippen molar-refractivity contribution in [2.75, 3.05) is 19.8 Å². The molecule has 0 aromatic heterocycles. The van der Waals surface area contributed by atoms with Gasteiger partial charge in [-0.2, -0.15) is 0 Å². The van der Waals surface area contributed by atoms with E-state index in [1.54, 1.807) is 19.1 Å². The van der Waals surface area contributed by atoms with Crippen LogP contribution in [-0.4, -0.2) is 31.7 Å². The second kappa shape index (κ2) is 7.86. The lowest BCUT2D eigenvalue weighted by molar-refractivity contribution is -0.124. The Balaban J connectivity index is 1.54. The molecule has 0 aliphatic carbocycles. The molecule has 1 heterocycles. The lowest BCUT2D eigenvalue weighted by atomic mass is 10.1. The number of esters is 1. The first-order valence-electron chi connectivity index (χ1n) is 8.15. The highest BCUT2D eigenvalue weighted by atomic mass is 19.1. The Morgan fingerprint density at radius 2 is 1.88 bits per heavy atom. The van der Waals surface area contributed by atoms with Crippen molar-refractivity contribution in [2.24, 2.45) is 0 Å². The number of hydrogen-bond acceptors (Lipinski definition) is 5. The normalized spacial score (nSPS) is 13.6. The molecule has 7 heteroatoms. The minimum absolute atomic E-state index is 0.208. The summed E-state index contributed by atoms with van der Waals surface area (Å²) in [5.41, 5.74) is 0.614. The molecule has 136 valence electrons. The van der Waals surface area contributed by atoms with Crippen LogP contribution >= 0.6 is 0 Å². The van der Waals surface area contributed by atoms with E-state index in [1.165, 1.54) is 18.2 Å². The number of rotatable bonds is 5. The third-order valence-corrected chi connectivity index (χ3v) is 3.87. The highest BCUT2D eigenvalue weighted by molar-refractivity contribution is 5.91. The van der Waals surface area contributed by atoms with Crippen LogP contribution in [0.1, 0.15) is 28.9 Å². The van der Waals surface area contributed by atoms with Gasteiger partial charge in [0.05, 0.1) is 11.6 Å². The van der Waals surface area contributed by atoms with E-state index in [2.05, 4.69) is 5.32 Å². The Morgan fingerprint density at radius 3 is 2.65 bits per heavy atom. The molecule has 1 atom stereocenters. The Morgan fingerprint density at radius 1 is 1.15 bits per heavy atom. The fourth-order valence-corrected chi connectivity index (χ4v) is 2.53. The summed E-state index contributed by atoms with van der Waals surface area (Å²) in [5.74, 6) is -0.775. The van der Waals surface area contributed by atoms with Crippen LogP contribution in [0.15, 0.2) is 42.5 Å². The standard InChI is InChI=1S/C19H18FNO5/c1-12(13-6-7-16-17(10-13)25-9-8-24-16)21-18(22)11-26-19(23)14-4-2-3-5-15(14)20/h2-7,10,12H,8-9,11H2,1H3,(H,21,22)/t12-/m1/s1. The largest absolute Gasteiger partial charge is 0.486 e. The second-order valence-corrected chi connectivity index (χ2v) is 5.75. The predicted octanol–water partition coefficient (Wildman–Crippen LogP) is 2.63. The molecule has 1 N–H and O–H groups in total. The minimum Gasteiger partial charge on any atom is -0.486 e. The average molecular weight is 359 g/mol. The van der Waals surface area contributed by atoms with Crippen LogP contribution in [0.25, 0.3) is 0 Å². The monoisotopic (exact) mass is 359 g/mol. The SMILES string of the molecule is C[C@@H](NC(=O)COC(=O)c1ccccc1F)c1ccc2c(c1)OCCO2. The van der Waals surface area contributed by atoms with Gasteiger partial charge >= 0.3 is 5.97 Å². The van der Waals surface area contributed by atoms with E-state index in [0.29, 0.717) is 24.7 Å². The summed E-state index contributed by atoms with van der Waals surface area (Å²) in [6, 6.07) is 10.5. The van der Waals surface area contributed by atoms with Gasteiger partial charge in [0, 0.05) is 0 Å². The highest BCUT2D eigenvalue weighted by Gasteiger charge is 2.18. The second-order valence-electron chi connectivity index (χ2n) is 5.75. The van der Waals surface area contributed by atoms with Crippen molar-refractivity contribution in [3.8, 4) is 11.5 Å². The van der Waals surface area contributed by atoms with Gasteiger partial charge in [0.2, 0.25) is 0 Å². The van der Waals surface area contributed by atoms with Gasteiger partial charge in [0.1, 0.15) is 19.0 Å². The Kier molecular flexibility index (Phi) is 5.36. The molecule has 1 aliphatic rings. The average Bonchev–Trinajstić information content (AvgIpc) is 2.66. The quantitative estimate of drug-likeness (QED) is 0.831. The van der Waals surface area contributed by atoms with E-state index < -0.39 is 24.3 Å². The van der Waals surface area contributed by atoms with E-state index in [0.717, 1.165) is 11.6 Å². The number of amides is 1.